The third-order valence-electron chi connectivity index (χ3n) is 5.15. The van der Waals surface area contributed by atoms with Gasteiger partial charge in [0, 0.05) is 23.2 Å². The first-order valence-electron chi connectivity index (χ1n) is 9.15. The number of rotatable bonds is 3. The first kappa shape index (κ1) is 20.2. The topological polar surface area (TPSA) is 49.4 Å². The fourth-order valence-corrected chi connectivity index (χ4v) is 4.67. The highest BCUT2D eigenvalue weighted by Crippen LogP contribution is 2.44. The second-order valence-electron chi connectivity index (χ2n) is 7.01. The first-order valence-corrected chi connectivity index (χ1v) is 10.0. The Morgan fingerprint density at radius 3 is 2.53 bits per heavy atom. The maximum atomic E-state index is 13.3. The van der Waals surface area contributed by atoms with Crippen molar-refractivity contribution in [1.82, 2.24) is 4.90 Å². The van der Waals surface area contributed by atoms with E-state index in [0.717, 1.165) is 17.0 Å². The smallest absolute Gasteiger partial charge is 0.333 e. The predicted molar refractivity (Wildman–Crippen MR) is 108 cm³/mol. The van der Waals surface area contributed by atoms with Crippen LogP contribution >= 0.6 is 11.3 Å². The van der Waals surface area contributed by atoms with Crippen molar-refractivity contribution in [2.24, 2.45) is 0 Å². The molecule has 1 N–H and O–H groups in total. The maximum Gasteiger partial charge on any atom is 0.416 e. The van der Waals surface area contributed by atoms with Gasteiger partial charge in [0.2, 0.25) is 5.91 Å². The van der Waals surface area contributed by atoms with E-state index in [9.17, 15) is 22.8 Å². The minimum absolute atomic E-state index is 0.0526. The fraction of sp³-hybridized carbons (Fsp3) is 0.182. The maximum absolute atomic E-state index is 13.3. The molecule has 2 amide bonds. The van der Waals surface area contributed by atoms with Crippen LogP contribution in [0.5, 0.6) is 0 Å². The Labute approximate surface area is 174 Å². The van der Waals surface area contributed by atoms with E-state index in [4.69, 9.17) is 0 Å². The molecule has 0 unspecified atom stereocenters. The van der Waals surface area contributed by atoms with Gasteiger partial charge in [-0.25, -0.2) is 0 Å². The van der Waals surface area contributed by atoms with E-state index in [1.165, 1.54) is 28.4 Å². The number of fused-ring (bicyclic) bond motifs is 1. The van der Waals surface area contributed by atoms with E-state index in [0.29, 0.717) is 11.1 Å². The molecule has 2 atom stereocenters. The van der Waals surface area contributed by atoms with Gasteiger partial charge in [-0.05, 0) is 41.3 Å². The molecule has 3 aromatic rings. The summed E-state index contributed by atoms with van der Waals surface area (Å²) in [5.41, 5.74) is 0.184. The highest BCUT2D eigenvalue weighted by Gasteiger charge is 2.43. The number of alkyl halides is 3. The van der Waals surface area contributed by atoms with Crippen LogP contribution in [0.2, 0.25) is 0 Å². The molecule has 0 fully saturated rings. The van der Waals surface area contributed by atoms with Gasteiger partial charge in [-0.1, -0.05) is 30.3 Å². The standard InChI is InChI=1S/C22H17F3N2O2S/c1-27-19(17-10-5-11-30-17)18(15-8-2-3-9-16(15)21(27)29)20(28)26-14-7-4-6-13(12-14)22(23,24)25/h2-12,18-19H,1H3,(H,26,28)/t18-,19-/m1/s1. The number of nitrogens with one attached hydrogen (secondary N) is 1. The highest BCUT2D eigenvalue weighted by atomic mass is 32.1. The lowest BCUT2D eigenvalue weighted by Crippen LogP contribution is -2.43. The molecule has 1 aliphatic heterocycles. The van der Waals surface area contributed by atoms with Gasteiger partial charge in [0.05, 0.1) is 17.5 Å². The van der Waals surface area contributed by atoms with E-state index in [1.54, 1.807) is 31.3 Å². The molecule has 0 saturated carbocycles. The van der Waals surface area contributed by atoms with E-state index in [-0.39, 0.29) is 11.6 Å². The summed E-state index contributed by atoms with van der Waals surface area (Å²) in [6.45, 7) is 0. The third kappa shape index (κ3) is 3.59. The number of hydrogen-bond acceptors (Lipinski definition) is 3. The van der Waals surface area contributed by atoms with Crippen molar-refractivity contribution in [2.45, 2.75) is 18.1 Å². The molecular formula is C22H17F3N2O2S. The molecule has 0 radical (unpaired) electrons. The van der Waals surface area contributed by atoms with Crippen LogP contribution in [0.3, 0.4) is 0 Å². The number of carbonyl (C=O) groups excluding carboxylic acids is 2. The Morgan fingerprint density at radius 2 is 1.83 bits per heavy atom. The van der Waals surface area contributed by atoms with Gasteiger partial charge < -0.3 is 10.2 Å². The second kappa shape index (κ2) is 7.60. The fourth-order valence-electron chi connectivity index (χ4n) is 3.77. The Bertz CT molecular complexity index is 1100. The molecule has 2 heterocycles. The number of likely N-dealkylation sites (N-methyl/N-ethyl adjacent to an activating group) is 1. The van der Waals surface area contributed by atoms with Crippen LogP contribution in [0.25, 0.3) is 0 Å². The summed E-state index contributed by atoms with van der Waals surface area (Å²) in [6, 6.07) is 14.5. The summed E-state index contributed by atoms with van der Waals surface area (Å²) in [4.78, 5) is 28.5. The molecule has 2 aromatic carbocycles. The average molecular weight is 430 g/mol. The lowest BCUT2D eigenvalue weighted by atomic mass is 9.81. The Balaban J connectivity index is 1.75. The zero-order valence-corrected chi connectivity index (χ0v) is 16.6. The van der Waals surface area contributed by atoms with Crippen LogP contribution < -0.4 is 5.32 Å². The molecule has 154 valence electrons. The summed E-state index contributed by atoms with van der Waals surface area (Å²) in [6.07, 6.45) is -4.51. The van der Waals surface area contributed by atoms with E-state index < -0.39 is 29.6 Å². The summed E-state index contributed by atoms with van der Waals surface area (Å²) in [5.74, 6) is -1.44. The van der Waals surface area contributed by atoms with Crippen molar-refractivity contribution in [3.8, 4) is 0 Å². The number of hydrogen-bond donors (Lipinski definition) is 1. The minimum atomic E-state index is -4.51. The van der Waals surface area contributed by atoms with Crippen molar-refractivity contribution in [3.63, 3.8) is 0 Å². The van der Waals surface area contributed by atoms with Crippen LogP contribution in [-0.4, -0.2) is 23.8 Å². The van der Waals surface area contributed by atoms with Crippen LogP contribution in [0, 0.1) is 0 Å². The van der Waals surface area contributed by atoms with Gasteiger partial charge in [-0.15, -0.1) is 11.3 Å². The number of thiophene rings is 1. The molecule has 30 heavy (non-hydrogen) atoms. The van der Waals surface area contributed by atoms with E-state index >= 15 is 0 Å². The normalized spacial score (nSPS) is 18.8. The Hall–Kier alpha value is -3.13. The van der Waals surface area contributed by atoms with Crippen LogP contribution in [0.1, 0.15) is 38.3 Å². The quantitative estimate of drug-likeness (QED) is 0.612. The summed E-state index contributed by atoms with van der Waals surface area (Å²) in [7, 11) is 1.63. The SMILES string of the molecule is CN1C(=O)c2ccccc2[C@@H](C(=O)Nc2cccc(C(F)(F)F)c2)[C@H]1c1cccs1. The molecule has 1 aromatic heterocycles. The first-order chi connectivity index (χ1) is 14.3. The molecule has 0 saturated heterocycles. The number of nitrogens with zero attached hydrogens (tertiary/aromatic N) is 1. The molecule has 4 rings (SSSR count). The van der Waals surface area contributed by atoms with Crippen LogP contribution in [0.4, 0.5) is 18.9 Å². The number of carbonyl (C=O) groups is 2. The zero-order chi connectivity index (χ0) is 21.5. The Morgan fingerprint density at radius 1 is 1.07 bits per heavy atom. The van der Waals surface area contributed by atoms with Gasteiger partial charge in [-0.3, -0.25) is 9.59 Å². The number of benzene rings is 2. The molecule has 4 nitrogen and oxygen atoms in total. The monoisotopic (exact) mass is 430 g/mol. The lowest BCUT2D eigenvalue weighted by Gasteiger charge is -2.39. The van der Waals surface area contributed by atoms with Gasteiger partial charge in [0.25, 0.3) is 5.91 Å². The summed E-state index contributed by atoms with van der Waals surface area (Å²) in [5, 5.41) is 4.48. The van der Waals surface area contributed by atoms with Crippen molar-refractivity contribution in [2.75, 3.05) is 12.4 Å². The molecule has 0 aliphatic carbocycles. The number of anilines is 1. The Kier molecular flexibility index (Phi) is 5.11. The zero-order valence-electron chi connectivity index (χ0n) is 15.8. The number of halogens is 3. The van der Waals surface area contributed by atoms with Crippen molar-refractivity contribution in [1.29, 1.82) is 0 Å². The highest BCUT2D eigenvalue weighted by molar-refractivity contribution is 7.10. The van der Waals surface area contributed by atoms with Crippen LogP contribution in [-0.2, 0) is 11.0 Å². The largest absolute Gasteiger partial charge is 0.416 e. The van der Waals surface area contributed by atoms with Crippen molar-refractivity contribution < 1.29 is 22.8 Å². The number of amides is 2. The third-order valence-corrected chi connectivity index (χ3v) is 6.10. The minimum Gasteiger partial charge on any atom is -0.333 e. The average Bonchev–Trinajstić information content (AvgIpc) is 3.24. The summed E-state index contributed by atoms with van der Waals surface area (Å²) < 4.78 is 39.1. The van der Waals surface area contributed by atoms with Gasteiger partial charge in [0.1, 0.15) is 0 Å². The van der Waals surface area contributed by atoms with Gasteiger partial charge in [-0.2, -0.15) is 13.2 Å². The predicted octanol–water partition coefficient (Wildman–Crippen LogP) is 5.32. The van der Waals surface area contributed by atoms with Crippen LogP contribution in [0.15, 0.2) is 66.0 Å². The van der Waals surface area contributed by atoms with E-state index in [2.05, 4.69) is 5.32 Å². The molecule has 1 aliphatic rings. The lowest BCUT2D eigenvalue weighted by molar-refractivity contribution is -0.137. The molecule has 0 bridgehead atoms. The van der Waals surface area contributed by atoms with Crippen molar-refractivity contribution in [3.05, 3.63) is 87.6 Å². The van der Waals surface area contributed by atoms with Gasteiger partial charge in [0.15, 0.2) is 0 Å². The summed E-state index contributed by atoms with van der Waals surface area (Å²) >= 11 is 1.42. The molecular weight excluding hydrogens is 413 g/mol. The van der Waals surface area contributed by atoms with Gasteiger partial charge >= 0.3 is 6.18 Å². The van der Waals surface area contributed by atoms with Crippen molar-refractivity contribution >= 4 is 28.8 Å². The van der Waals surface area contributed by atoms with E-state index in [1.807, 2.05) is 17.5 Å². The molecule has 0 spiro atoms. The molecule has 8 heteroatoms. The second-order valence-corrected chi connectivity index (χ2v) is 7.99.